The fraction of sp³-hybridized carbons (Fsp3) is 0.500. The number of nitrogens with one attached hydrogen (secondary N) is 2. The van der Waals surface area contributed by atoms with E-state index in [0.29, 0.717) is 22.4 Å². The van der Waals surface area contributed by atoms with Crippen molar-refractivity contribution in [3.63, 3.8) is 0 Å². The van der Waals surface area contributed by atoms with Gasteiger partial charge in [-0.05, 0) is 50.0 Å². The van der Waals surface area contributed by atoms with Gasteiger partial charge >= 0.3 is 0 Å². The van der Waals surface area contributed by atoms with Gasteiger partial charge in [0.15, 0.2) is 0 Å². The van der Waals surface area contributed by atoms with Crippen molar-refractivity contribution < 1.29 is 4.79 Å². The maximum Gasteiger partial charge on any atom is 0.220 e. The van der Waals surface area contributed by atoms with E-state index >= 15 is 0 Å². The molecule has 112 valence electrons. The Morgan fingerprint density at radius 1 is 1.50 bits per heavy atom. The summed E-state index contributed by atoms with van der Waals surface area (Å²) in [4.78, 5) is 12.0. The topological polar surface area (TPSA) is 41.1 Å². The van der Waals surface area contributed by atoms with Gasteiger partial charge in [0.05, 0.1) is 6.04 Å². The number of amides is 1. The summed E-state index contributed by atoms with van der Waals surface area (Å²) in [6.07, 6.45) is 1.64. The third-order valence-corrected chi connectivity index (χ3v) is 4.01. The summed E-state index contributed by atoms with van der Waals surface area (Å²) in [6, 6.07) is 5.23. The van der Waals surface area contributed by atoms with Crippen molar-refractivity contribution in [2.24, 2.45) is 5.92 Å². The lowest BCUT2D eigenvalue weighted by molar-refractivity contribution is -0.122. The molecule has 1 amide bonds. The lowest BCUT2D eigenvalue weighted by atomic mass is 10.0. The zero-order valence-corrected chi connectivity index (χ0v) is 13.6. The summed E-state index contributed by atoms with van der Waals surface area (Å²) in [6.45, 7) is 3.87. The van der Waals surface area contributed by atoms with Gasteiger partial charge in [0.25, 0.3) is 0 Å². The molecule has 2 atom stereocenters. The van der Waals surface area contributed by atoms with Crippen LogP contribution >= 0.6 is 35.6 Å². The molecule has 2 unspecified atom stereocenters. The molecule has 0 aliphatic carbocycles. The van der Waals surface area contributed by atoms with Crippen molar-refractivity contribution in [1.82, 2.24) is 10.6 Å². The second kappa shape index (κ2) is 8.08. The Balaban J connectivity index is 0.00000200. The Morgan fingerprint density at radius 3 is 2.85 bits per heavy atom. The number of hydrogen-bond donors (Lipinski definition) is 2. The number of rotatable bonds is 4. The van der Waals surface area contributed by atoms with Crippen LogP contribution in [-0.2, 0) is 4.79 Å². The molecule has 0 saturated carbocycles. The molecule has 6 heteroatoms. The quantitative estimate of drug-likeness (QED) is 0.881. The van der Waals surface area contributed by atoms with Crippen molar-refractivity contribution in [2.45, 2.75) is 25.8 Å². The minimum absolute atomic E-state index is 0. The molecule has 1 saturated heterocycles. The van der Waals surface area contributed by atoms with Crippen LogP contribution in [0.25, 0.3) is 0 Å². The lowest BCUT2D eigenvalue weighted by Gasteiger charge is -2.17. The van der Waals surface area contributed by atoms with E-state index in [1.807, 2.05) is 13.0 Å². The van der Waals surface area contributed by atoms with Crippen LogP contribution in [0.5, 0.6) is 0 Å². The van der Waals surface area contributed by atoms with E-state index in [-0.39, 0.29) is 24.4 Å². The van der Waals surface area contributed by atoms with E-state index in [1.165, 1.54) is 0 Å². The minimum Gasteiger partial charge on any atom is -0.350 e. The van der Waals surface area contributed by atoms with E-state index in [0.717, 1.165) is 25.1 Å². The van der Waals surface area contributed by atoms with Gasteiger partial charge in [-0.25, -0.2) is 0 Å². The van der Waals surface area contributed by atoms with Crippen molar-refractivity contribution in [1.29, 1.82) is 0 Å². The zero-order valence-electron chi connectivity index (χ0n) is 11.3. The van der Waals surface area contributed by atoms with Gasteiger partial charge in [-0.3, -0.25) is 4.79 Å². The van der Waals surface area contributed by atoms with Crippen LogP contribution < -0.4 is 10.6 Å². The highest BCUT2D eigenvalue weighted by Gasteiger charge is 2.19. The molecule has 1 aliphatic heterocycles. The highest BCUT2D eigenvalue weighted by Crippen LogP contribution is 2.26. The average molecular weight is 338 g/mol. The van der Waals surface area contributed by atoms with Gasteiger partial charge in [0.1, 0.15) is 0 Å². The summed E-state index contributed by atoms with van der Waals surface area (Å²) in [7, 11) is 0. The van der Waals surface area contributed by atoms with Crippen LogP contribution in [-0.4, -0.2) is 19.0 Å². The summed E-state index contributed by atoms with van der Waals surface area (Å²) >= 11 is 12.0. The Labute approximate surface area is 135 Å². The molecular weight excluding hydrogens is 319 g/mol. The Kier molecular flexibility index (Phi) is 7.10. The Bertz CT molecular complexity index is 462. The summed E-state index contributed by atoms with van der Waals surface area (Å²) in [5.41, 5.74) is 0.893. The second-order valence-corrected chi connectivity index (χ2v) is 5.86. The molecule has 0 radical (unpaired) electrons. The van der Waals surface area contributed by atoms with Gasteiger partial charge in [-0.1, -0.05) is 29.3 Å². The SMILES string of the molecule is CC(NC(=O)CC1CCNC1)c1ccc(Cl)cc1Cl.Cl. The molecule has 0 spiro atoms. The van der Waals surface area contributed by atoms with Crippen molar-refractivity contribution in [3.8, 4) is 0 Å². The largest absolute Gasteiger partial charge is 0.350 e. The summed E-state index contributed by atoms with van der Waals surface area (Å²) in [5, 5.41) is 7.44. The zero-order chi connectivity index (χ0) is 13.8. The monoisotopic (exact) mass is 336 g/mol. The predicted octanol–water partition coefficient (Wildman–Crippen LogP) is 3.59. The highest BCUT2D eigenvalue weighted by molar-refractivity contribution is 6.35. The normalized spacial score (nSPS) is 19.2. The number of halogens is 3. The molecule has 0 bridgehead atoms. The maximum absolute atomic E-state index is 12.0. The highest BCUT2D eigenvalue weighted by atomic mass is 35.5. The van der Waals surface area contributed by atoms with Crippen LogP contribution in [0, 0.1) is 5.92 Å². The van der Waals surface area contributed by atoms with Crippen LogP contribution in [0.3, 0.4) is 0 Å². The van der Waals surface area contributed by atoms with E-state index in [1.54, 1.807) is 12.1 Å². The molecule has 1 fully saturated rings. The summed E-state index contributed by atoms with van der Waals surface area (Å²) < 4.78 is 0. The lowest BCUT2D eigenvalue weighted by Crippen LogP contribution is -2.29. The van der Waals surface area contributed by atoms with Crippen LogP contribution in [0.2, 0.25) is 10.0 Å². The molecule has 2 N–H and O–H groups in total. The Morgan fingerprint density at radius 2 is 2.25 bits per heavy atom. The molecule has 3 nitrogen and oxygen atoms in total. The van der Waals surface area contributed by atoms with Gasteiger partial charge in [-0.15, -0.1) is 12.4 Å². The van der Waals surface area contributed by atoms with E-state index in [2.05, 4.69) is 10.6 Å². The molecule has 1 aromatic carbocycles. The van der Waals surface area contributed by atoms with Gasteiger partial charge in [-0.2, -0.15) is 0 Å². The molecule has 0 aromatic heterocycles. The minimum atomic E-state index is -0.105. The Hall–Kier alpha value is -0.480. The second-order valence-electron chi connectivity index (χ2n) is 5.02. The van der Waals surface area contributed by atoms with Gasteiger partial charge in [0.2, 0.25) is 5.91 Å². The molecule has 20 heavy (non-hydrogen) atoms. The van der Waals surface area contributed by atoms with E-state index < -0.39 is 0 Å². The van der Waals surface area contributed by atoms with Crippen molar-refractivity contribution >= 4 is 41.5 Å². The standard InChI is InChI=1S/C14H18Cl2N2O.ClH/c1-9(12-3-2-11(15)7-13(12)16)18-14(19)6-10-4-5-17-8-10;/h2-3,7,9-10,17H,4-6,8H2,1H3,(H,18,19);1H. The molecular formula is C14H19Cl3N2O. The van der Waals surface area contributed by atoms with Crippen molar-refractivity contribution in [2.75, 3.05) is 13.1 Å². The van der Waals surface area contributed by atoms with E-state index in [4.69, 9.17) is 23.2 Å². The first-order valence-corrected chi connectivity index (χ1v) is 7.27. The molecule has 1 aliphatic rings. The first kappa shape index (κ1) is 17.6. The predicted molar refractivity (Wildman–Crippen MR) is 85.9 cm³/mol. The van der Waals surface area contributed by atoms with Gasteiger partial charge in [0, 0.05) is 16.5 Å². The number of carbonyl (C=O) groups is 1. The first-order chi connectivity index (χ1) is 9.06. The fourth-order valence-corrected chi connectivity index (χ4v) is 2.95. The molecule has 2 rings (SSSR count). The van der Waals surface area contributed by atoms with Crippen molar-refractivity contribution in [3.05, 3.63) is 33.8 Å². The maximum atomic E-state index is 12.0. The summed E-state index contributed by atoms with van der Waals surface area (Å²) in [5.74, 6) is 0.528. The average Bonchev–Trinajstić information content (AvgIpc) is 2.81. The van der Waals surface area contributed by atoms with Crippen LogP contribution in [0.1, 0.15) is 31.4 Å². The first-order valence-electron chi connectivity index (χ1n) is 6.51. The number of hydrogen-bond acceptors (Lipinski definition) is 2. The third-order valence-electron chi connectivity index (χ3n) is 3.44. The molecule has 1 heterocycles. The van der Waals surface area contributed by atoms with Gasteiger partial charge < -0.3 is 10.6 Å². The smallest absolute Gasteiger partial charge is 0.220 e. The van der Waals surface area contributed by atoms with Crippen LogP contribution in [0.4, 0.5) is 0 Å². The fourth-order valence-electron chi connectivity index (χ4n) is 2.38. The third kappa shape index (κ3) is 4.81. The molecule has 1 aromatic rings. The number of carbonyl (C=O) groups excluding carboxylic acids is 1. The van der Waals surface area contributed by atoms with E-state index in [9.17, 15) is 4.79 Å². The number of benzene rings is 1. The van der Waals surface area contributed by atoms with Crippen LogP contribution in [0.15, 0.2) is 18.2 Å².